The Bertz CT molecular complexity index is 748. The minimum atomic E-state index is -0.910. The van der Waals surface area contributed by atoms with E-state index in [2.05, 4.69) is 0 Å². The largest absolute Gasteiger partial charge is 0.482 e. The predicted octanol–water partition coefficient (Wildman–Crippen LogP) is 3.62. The van der Waals surface area contributed by atoms with Crippen LogP contribution in [0.4, 0.5) is 5.69 Å². The van der Waals surface area contributed by atoms with Crippen LogP contribution in [-0.4, -0.2) is 31.6 Å². The molecular weight excluding hydrogens is 342 g/mol. The molecule has 132 valence electrons. The Morgan fingerprint density at radius 3 is 2.48 bits per heavy atom. The van der Waals surface area contributed by atoms with Crippen molar-refractivity contribution in [3.05, 3.63) is 59.1 Å². The molecule has 2 aromatic carbocycles. The molecule has 0 radical (unpaired) electrons. The average Bonchev–Trinajstić information content (AvgIpc) is 2.60. The Hall–Kier alpha value is -2.53. The molecule has 0 spiro atoms. The van der Waals surface area contributed by atoms with Gasteiger partial charge in [-0.15, -0.1) is 0 Å². The zero-order valence-electron chi connectivity index (χ0n) is 14.4. The molecule has 6 heteroatoms. The summed E-state index contributed by atoms with van der Waals surface area (Å²) in [6, 6.07) is 14.2. The molecule has 0 N–H and O–H groups in total. The number of carbonyl (C=O) groups is 2. The fourth-order valence-corrected chi connectivity index (χ4v) is 2.47. The number of rotatable bonds is 6. The predicted molar refractivity (Wildman–Crippen MR) is 97.1 cm³/mol. The Balaban J connectivity index is 1.88. The smallest absolute Gasteiger partial charge is 0.344 e. The van der Waals surface area contributed by atoms with E-state index in [-0.39, 0.29) is 12.5 Å². The number of amides is 1. The van der Waals surface area contributed by atoms with Crippen molar-refractivity contribution in [1.29, 1.82) is 0 Å². The van der Waals surface area contributed by atoms with Crippen molar-refractivity contribution in [2.24, 2.45) is 0 Å². The highest BCUT2D eigenvalue weighted by molar-refractivity contribution is 6.30. The topological polar surface area (TPSA) is 55.8 Å². The number of carbonyl (C=O) groups excluding carboxylic acids is 2. The molecule has 1 amide bonds. The minimum absolute atomic E-state index is 0.283. The molecular formula is C19H20ClNO4. The molecule has 0 bridgehead atoms. The first-order valence-corrected chi connectivity index (χ1v) is 8.17. The highest BCUT2D eigenvalue weighted by Gasteiger charge is 2.22. The lowest BCUT2D eigenvalue weighted by Crippen LogP contribution is -2.38. The van der Waals surface area contributed by atoms with E-state index in [1.54, 1.807) is 37.4 Å². The summed E-state index contributed by atoms with van der Waals surface area (Å²) in [5.74, 6) is -0.388. The fourth-order valence-electron chi connectivity index (χ4n) is 2.24. The summed E-state index contributed by atoms with van der Waals surface area (Å²) >= 11 is 5.87. The van der Waals surface area contributed by atoms with Crippen molar-refractivity contribution in [3.8, 4) is 5.75 Å². The Kier molecular flexibility index (Phi) is 6.42. The van der Waals surface area contributed by atoms with Crippen molar-refractivity contribution < 1.29 is 19.1 Å². The van der Waals surface area contributed by atoms with Gasteiger partial charge in [-0.3, -0.25) is 4.79 Å². The van der Waals surface area contributed by atoms with Crippen molar-refractivity contribution in [2.45, 2.75) is 20.0 Å². The monoisotopic (exact) mass is 361 g/mol. The number of halogens is 1. The first-order chi connectivity index (χ1) is 11.9. The number of para-hydroxylation sites is 1. The van der Waals surface area contributed by atoms with Crippen LogP contribution in [0.3, 0.4) is 0 Å². The van der Waals surface area contributed by atoms with E-state index >= 15 is 0 Å². The van der Waals surface area contributed by atoms with E-state index in [0.717, 1.165) is 11.3 Å². The Morgan fingerprint density at radius 1 is 1.16 bits per heavy atom. The molecule has 0 heterocycles. The van der Waals surface area contributed by atoms with Gasteiger partial charge in [0.05, 0.1) is 0 Å². The van der Waals surface area contributed by atoms with Gasteiger partial charge in [-0.25, -0.2) is 4.79 Å². The maximum Gasteiger partial charge on any atom is 0.344 e. The van der Waals surface area contributed by atoms with Gasteiger partial charge in [0, 0.05) is 17.8 Å². The molecule has 1 atom stereocenters. The van der Waals surface area contributed by atoms with Gasteiger partial charge < -0.3 is 14.4 Å². The van der Waals surface area contributed by atoms with Crippen LogP contribution >= 0.6 is 11.6 Å². The second-order valence-electron chi connectivity index (χ2n) is 5.56. The van der Waals surface area contributed by atoms with Crippen LogP contribution in [0, 0.1) is 6.92 Å². The van der Waals surface area contributed by atoms with Crippen LogP contribution in [0.1, 0.15) is 12.5 Å². The number of esters is 1. The van der Waals surface area contributed by atoms with E-state index in [9.17, 15) is 9.59 Å². The molecule has 5 nitrogen and oxygen atoms in total. The molecule has 25 heavy (non-hydrogen) atoms. The van der Waals surface area contributed by atoms with E-state index < -0.39 is 12.1 Å². The Labute approximate surface area is 152 Å². The zero-order chi connectivity index (χ0) is 18.4. The maximum atomic E-state index is 12.3. The van der Waals surface area contributed by atoms with Crippen LogP contribution in [0.15, 0.2) is 48.5 Å². The first kappa shape index (κ1) is 18.8. The Morgan fingerprint density at radius 2 is 1.84 bits per heavy atom. The van der Waals surface area contributed by atoms with E-state index in [1.165, 1.54) is 11.8 Å². The highest BCUT2D eigenvalue weighted by atomic mass is 35.5. The lowest BCUT2D eigenvalue weighted by atomic mass is 10.2. The van der Waals surface area contributed by atoms with Crippen molar-refractivity contribution >= 4 is 29.2 Å². The number of hydrogen-bond donors (Lipinski definition) is 0. The third-order valence-corrected chi connectivity index (χ3v) is 3.85. The first-order valence-electron chi connectivity index (χ1n) is 7.79. The van der Waals surface area contributed by atoms with Gasteiger partial charge in [-0.2, -0.15) is 0 Å². The number of benzene rings is 2. The molecule has 2 aromatic rings. The third-order valence-electron chi connectivity index (χ3n) is 3.61. The number of ether oxygens (including phenoxy) is 2. The van der Waals surface area contributed by atoms with E-state index in [4.69, 9.17) is 21.1 Å². The molecule has 0 aliphatic carbocycles. The summed E-state index contributed by atoms with van der Waals surface area (Å²) in [5.41, 5.74) is 1.54. The minimum Gasteiger partial charge on any atom is -0.482 e. The number of aryl methyl sites for hydroxylation is 1. The summed E-state index contributed by atoms with van der Waals surface area (Å²) in [6.07, 6.45) is -0.910. The lowest BCUT2D eigenvalue weighted by molar-refractivity contribution is -0.155. The van der Waals surface area contributed by atoms with Crippen LogP contribution in [0.25, 0.3) is 0 Å². The van der Waals surface area contributed by atoms with Gasteiger partial charge in [-0.05, 0) is 49.7 Å². The second kappa shape index (κ2) is 8.53. The van der Waals surface area contributed by atoms with Crippen LogP contribution in [0.2, 0.25) is 5.02 Å². The summed E-state index contributed by atoms with van der Waals surface area (Å²) in [6.45, 7) is 3.08. The zero-order valence-corrected chi connectivity index (χ0v) is 15.1. The molecule has 0 saturated carbocycles. The molecule has 0 aromatic heterocycles. The number of likely N-dealkylation sites (N-methyl/N-ethyl adjacent to an activating group) is 1. The highest BCUT2D eigenvalue weighted by Crippen LogP contribution is 2.21. The van der Waals surface area contributed by atoms with Gasteiger partial charge in [0.2, 0.25) is 0 Å². The van der Waals surface area contributed by atoms with Crippen molar-refractivity contribution in [1.82, 2.24) is 0 Å². The SMILES string of the molecule is Cc1cc(Cl)ccc1OCC(=O)O[C@@H](C)C(=O)N(C)c1ccccc1. The van der Waals surface area contributed by atoms with Crippen LogP contribution in [-0.2, 0) is 14.3 Å². The van der Waals surface area contributed by atoms with Gasteiger partial charge in [0.1, 0.15) is 5.75 Å². The number of nitrogens with zero attached hydrogens (tertiary/aromatic N) is 1. The van der Waals surface area contributed by atoms with E-state index in [1.807, 2.05) is 25.1 Å². The normalized spacial score (nSPS) is 11.5. The summed E-state index contributed by atoms with van der Waals surface area (Å²) in [5, 5.41) is 0.593. The maximum absolute atomic E-state index is 12.3. The second-order valence-corrected chi connectivity index (χ2v) is 6.00. The van der Waals surface area contributed by atoms with Crippen molar-refractivity contribution in [2.75, 3.05) is 18.6 Å². The average molecular weight is 362 g/mol. The van der Waals surface area contributed by atoms with E-state index in [0.29, 0.717) is 10.8 Å². The molecule has 2 rings (SSSR count). The standard InChI is InChI=1S/C19H20ClNO4/c1-13-11-15(20)9-10-17(13)24-12-18(22)25-14(2)19(23)21(3)16-7-5-4-6-8-16/h4-11,14H,12H2,1-3H3/t14-/m0/s1. The van der Waals surface area contributed by atoms with Crippen LogP contribution in [0.5, 0.6) is 5.75 Å². The van der Waals surface area contributed by atoms with Crippen molar-refractivity contribution in [3.63, 3.8) is 0 Å². The molecule has 0 unspecified atom stereocenters. The molecule has 0 fully saturated rings. The number of hydrogen-bond acceptors (Lipinski definition) is 4. The summed E-state index contributed by atoms with van der Waals surface area (Å²) in [7, 11) is 1.63. The van der Waals surface area contributed by atoms with Gasteiger partial charge in [0.25, 0.3) is 5.91 Å². The third kappa shape index (κ3) is 5.22. The summed E-state index contributed by atoms with van der Waals surface area (Å²) < 4.78 is 10.6. The molecule has 0 saturated heterocycles. The molecule has 0 aliphatic heterocycles. The van der Waals surface area contributed by atoms with Gasteiger partial charge >= 0.3 is 5.97 Å². The van der Waals surface area contributed by atoms with Gasteiger partial charge in [-0.1, -0.05) is 29.8 Å². The van der Waals surface area contributed by atoms with Crippen LogP contribution < -0.4 is 9.64 Å². The number of anilines is 1. The lowest BCUT2D eigenvalue weighted by Gasteiger charge is -2.21. The molecule has 0 aliphatic rings. The fraction of sp³-hybridized carbons (Fsp3) is 0.263. The van der Waals surface area contributed by atoms with Gasteiger partial charge in [0.15, 0.2) is 12.7 Å². The summed E-state index contributed by atoms with van der Waals surface area (Å²) in [4.78, 5) is 25.7. The quantitative estimate of drug-likeness (QED) is 0.737.